The summed E-state index contributed by atoms with van der Waals surface area (Å²) in [6.07, 6.45) is 7.15. The van der Waals surface area contributed by atoms with Crippen molar-refractivity contribution in [1.82, 2.24) is 4.98 Å². The second-order valence-corrected chi connectivity index (χ2v) is 8.55. The third-order valence-corrected chi connectivity index (χ3v) is 6.51. The Bertz CT molecular complexity index is 1480. The number of para-hydroxylation sites is 1. The van der Waals surface area contributed by atoms with Crippen molar-refractivity contribution in [3.63, 3.8) is 0 Å². The Kier molecular flexibility index (Phi) is 4.42. The standard InChI is InChI=1S/C27H22N2O3/c30-24(12-11-20-10-9-17-5-1-2-8-23(17)28-20)22-16-19-15-18-6-3-13-29-14-4-7-21(25(18)29)26(19)32-27(22)31/h1-2,5,8-12,15-16H,3-4,6-7,13-14H2/b12-11+. The van der Waals surface area contributed by atoms with Gasteiger partial charge >= 0.3 is 5.63 Å². The van der Waals surface area contributed by atoms with Crippen LogP contribution in [0.15, 0.2) is 63.8 Å². The Hall–Kier alpha value is -3.73. The molecule has 158 valence electrons. The summed E-state index contributed by atoms with van der Waals surface area (Å²) < 4.78 is 5.74. The van der Waals surface area contributed by atoms with E-state index in [0.717, 1.165) is 60.6 Å². The van der Waals surface area contributed by atoms with E-state index in [-0.39, 0.29) is 11.3 Å². The van der Waals surface area contributed by atoms with Crippen molar-refractivity contribution in [3.8, 4) is 0 Å². The molecule has 0 amide bonds. The SMILES string of the molecule is O=C(/C=C/c1ccc2ccccc2n1)c1cc2cc3c4c(c2oc1=O)CCCN4CCC3. The molecule has 0 N–H and O–H groups in total. The number of carbonyl (C=O) groups is 1. The lowest BCUT2D eigenvalue weighted by molar-refractivity contribution is 0.104. The van der Waals surface area contributed by atoms with Crippen molar-refractivity contribution < 1.29 is 9.21 Å². The topological polar surface area (TPSA) is 63.4 Å². The molecule has 4 heterocycles. The van der Waals surface area contributed by atoms with Gasteiger partial charge in [-0.3, -0.25) is 4.79 Å². The highest BCUT2D eigenvalue weighted by atomic mass is 16.4. The van der Waals surface area contributed by atoms with Gasteiger partial charge in [-0.2, -0.15) is 0 Å². The minimum absolute atomic E-state index is 0.0603. The summed E-state index contributed by atoms with van der Waals surface area (Å²) in [4.78, 5) is 32.6. The van der Waals surface area contributed by atoms with Gasteiger partial charge in [0.1, 0.15) is 11.1 Å². The van der Waals surface area contributed by atoms with Gasteiger partial charge in [-0.05, 0) is 67.7 Å². The predicted octanol–water partition coefficient (Wildman–Crippen LogP) is 4.94. The van der Waals surface area contributed by atoms with Gasteiger partial charge in [-0.15, -0.1) is 0 Å². The van der Waals surface area contributed by atoms with E-state index in [4.69, 9.17) is 4.42 Å². The highest BCUT2D eigenvalue weighted by molar-refractivity contribution is 6.08. The van der Waals surface area contributed by atoms with Crippen LogP contribution in [-0.2, 0) is 12.8 Å². The lowest BCUT2D eigenvalue weighted by Gasteiger charge is -2.37. The number of pyridine rings is 1. The van der Waals surface area contributed by atoms with Crippen LogP contribution in [0.4, 0.5) is 5.69 Å². The summed E-state index contributed by atoms with van der Waals surface area (Å²) in [5.74, 6) is -0.372. The van der Waals surface area contributed by atoms with E-state index in [0.29, 0.717) is 11.3 Å². The van der Waals surface area contributed by atoms with Gasteiger partial charge in [0, 0.05) is 35.1 Å². The van der Waals surface area contributed by atoms with Gasteiger partial charge in [0.25, 0.3) is 0 Å². The molecule has 2 aromatic heterocycles. The first-order valence-corrected chi connectivity index (χ1v) is 11.1. The maximum Gasteiger partial charge on any atom is 0.347 e. The highest BCUT2D eigenvalue weighted by Gasteiger charge is 2.27. The van der Waals surface area contributed by atoms with Crippen LogP contribution in [0.5, 0.6) is 0 Å². The van der Waals surface area contributed by atoms with Crippen molar-refractivity contribution in [3.05, 3.63) is 87.4 Å². The highest BCUT2D eigenvalue weighted by Crippen LogP contribution is 2.39. The maximum absolute atomic E-state index is 12.9. The molecule has 0 spiro atoms. The summed E-state index contributed by atoms with van der Waals surface area (Å²) in [7, 11) is 0. The molecule has 2 aliphatic heterocycles. The lowest BCUT2D eigenvalue weighted by atomic mass is 9.90. The van der Waals surface area contributed by atoms with E-state index in [1.165, 1.54) is 17.3 Å². The number of aromatic nitrogens is 1. The fourth-order valence-corrected chi connectivity index (χ4v) is 5.04. The Morgan fingerprint density at radius 3 is 2.75 bits per heavy atom. The third-order valence-electron chi connectivity index (χ3n) is 6.51. The molecule has 0 saturated heterocycles. The quantitative estimate of drug-likeness (QED) is 0.266. The van der Waals surface area contributed by atoms with Crippen LogP contribution in [0.25, 0.3) is 27.9 Å². The zero-order valence-electron chi connectivity index (χ0n) is 17.6. The molecule has 0 bridgehead atoms. The molecule has 2 aliphatic rings. The van der Waals surface area contributed by atoms with E-state index < -0.39 is 5.63 Å². The van der Waals surface area contributed by atoms with E-state index >= 15 is 0 Å². The first-order valence-electron chi connectivity index (χ1n) is 11.1. The number of allylic oxidation sites excluding steroid dienone is 1. The summed E-state index contributed by atoms with van der Waals surface area (Å²) in [5, 5.41) is 1.87. The monoisotopic (exact) mass is 422 g/mol. The van der Waals surface area contributed by atoms with Crippen LogP contribution < -0.4 is 10.5 Å². The van der Waals surface area contributed by atoms with Gasteiger partial charge in [0.2, 0.25) is 0 Å². The average Bonchev–Trinajstić information content (AvgIpc) is 2.83. The van der Waals surface area contributed by atoms with Crippen molar-refractivity contribution in [2.45, 2.75) is 25.7 Å². The minimum atomic E-state index is -0.581. The molecule has 5 heteroatoms. The van der Waals surface area contributed by atoms with Crippen LogP contribution >= 0.6 is 0 Å². The average molecular weight is 422 g/mol. The van der Waals surface area contributed by atoms with E-state index in [2.05, 4.69) is 16.0 Å². The number of rotatable bonds is 3. The summed E-state index contributed by atoms with van der Waals surface area (Å²) in [6.45, 7) is 2.11. The number of aryl methyl sites for hydroxylation is 2. The van der Waals surface area contributed by atoms with Crippen LogP contribution in [0, 0.1) is 0 Å². The first-order chi connectivity index (χ1) is 15.7. The van der Waals surface area contributed by atoms with Crippen molar-refractivity contribution in [2.75, 3.05) is 18.0 Å². The number of hydrogen-bond donors (Lipinski definition) is 0. The fourth-order valence-electron chi connectivity index (χ4n) is 5.04. The Labute approximate surface area is 185 Å². The molecule has 0 atom stereocenters. The van der Waals surface area contributed by atoms with Gasteiger partial charge in [-0.25, -0.2) is 9.78 Å². The number of anilines is 1. The Balaban J connectivity index is 1.38. The number of nitrogens with zero attached hydrogens (tertiary/aromatic N) is 2. The second kappa shape index (κ2) is 7.45. The van der Waals surface area contributed by atoms with Crippen LogP contribution in [0.2, 0.25) is 0 Å². The molecule has 2 aromatic carbocycles. The fraction of sp³-hybridized carbons (Fsp3) is 0.222. The number of benzene rings is 2. The van der Waals surface area contributed by atoms with E-state index in [1.54, 1.807) is 12.1 Å². The van der Waals surface area contributed by atoms with Gasteiger partial charge in [0.05, 0.1) is 11.2 Å². The number of carbonyl (C=O) groups excluding carboxylic acids is 1. The van der Waals surface area contributed by atoms with Gasteiger partial charge < -0.3 is 9.32 Å². The molecule has 0 fully saturated rings. The summed E-state index contributed by atoms with van der Waals surface area (Å²) >= 11 is 0. The number of ketones is 1. The predicted molar refractivity (Wildman–Crippen MR) is 126 cm³/mol. The smallest absolute Gasteiger partial charge is 0.347 e. The van der Waals surface area contributed by atoms with Crippen LogP contribution in [-0.4, -0.2) is 23.9 Å². The number of fused-ring (bicyclic) bond motifs is 3. The van der Waals surface area contributed by atoms with Gasteiger partial charge in [0.15, 0.2) is 5.78 Å². The van der Waals surface area contributed by atoms with E-state index in [9.17, 15) is 9.59 Å². The normalized spacial score (nSPS) is 15.4. The molecule has 0 radical (unpaired) electrons. The lowest BCUT2D eigenvalue weighted by Crippen LogP contribution is -2.34. The van der Waals surface area contributed by atoms with Crippen molar-refractivity contribution in [1.29, 1.82) is 0 Å². The maximum atomic E-state index is 12.9. The first kappa shape index (κ1) is 19.0. The molecule has 5 nitrogen and oxygen atoms in total. The zero-order valence-corrected chi connectivity index (χ0v) is 17.6. The van der Waals surface area contributed by atoms with Crippen LogP contribution in [0.1, 0.15) is 40.0 Å². The molecule has 0 saturated carbocycles. The molecule has 6 rings (SSSR count). The molecule has 0 aliphatic carbocycles. The largest absolute Gasteiger partial charge is 0.422 e. The van der Waals surface area contributed by atoms with Gasteiger partial charge in [-0.1, -0.05) is 24.3 Å². The molecule has 0 unspecified atom stereocenters. The van der Waals surface area contributed by atoms with Crippen molar-refractivity contribution in [2.24, 2.45) is 0 Å². The van der Waals surface area contributed by atoms with Crippen molar-refractivity contribution >= 4 is 39.4 Å². The third kappa shape index (κ3) is 3.12. The molecule has 4 aromatic rings. The number of hydrogen-bond acceptors (Lipinski definition) is 5. The van der Waals surface area contributed by atoms with E-state index in [1.807, 2.05) is 36.4 Å². The van der Waals surface area contributed by atoms with Crippen LogP contribution in [0.3, 0.4) is 0 Å². The second-order valence-electron chi connectivity index (χ2n) is 8.55. The molecular weight excluding hydrogens is 400 g/mol. The Morgan fingerprint density at radius 1 is 1.00 bits per heavy atom. The molecular formula is C27H22N2O3. The zero-order chi connectivity index (χ0) is 21.7. The summed E-state index contributed by atoms with van der Waals surface area (Å²) in [6, 6.07) is 15.4. The summed E-state index contributed by atoms with van der Waals surface area (Å²) in [5.41, 5.74) is 5.31. The Morgan fingerprint density at radius 2 is 1.84 bits per heavy atom. The molecule has 32 heavy (non-hydrogen) atoms. The minimum Gasteiger partial charge on any atom is -0.422 e.